The van der Waals surface area contributed by atoms with Gasteiger partial charge in [0.05, 0.1) is 0 Å². The lowest BCUT2D eigenvalue weighted by Crippen LogP contribution is -2.12. The van der Waals surface area contributed by atoms with Gasteiger partial charge in [0, 0.05) is 19.8 Å². The van der Waals surface area contributed by atoms with E-state index in [2.05, 4.69) is 51.1 Å². The van der Waals surface area contributed by atoms with Crippen molar-refractivity contribution in [1.29, 1.82) is 0 Å². The summed E-state index contributed by atoms with van der Waals surface area (Å²) in [4.78, 5) is 2.18. The van der Waals surface area contributed by atoms with E-state index in [1.54, 1.807) is 0 Å². The molecule has 0 atom stereocenters. The van der Waals surface area contributed by atoms with E-state index < -0.39 is 0 Å². The topological polar surface area (TPSA) is 3.24 Å². The normalized spacial score (nSPS) is 17.1. The van der Waals surface area contributed by atoms with Gasteiger partial charge in [-0.15, -0.1) is 0 Å². The van der Waals surface area contributed by atoms with Crippen LogP contribution in [0.5, 0.6) is 0 Å². The highest BCUT2D eigenvalue weighted by molar-refractivity contribution is 5.36. The Labute approximate surface area is 81.4 Å². The van der Waals surface area contributed by atoms with E-state index in [4.69, 9.17) is 0 Å². The highest BCUT2D eigenvalue weighted by Crippen LogP contribution is 2.21. The van der Waals surface area contributed by atoms with Crippen LogP contribution in [0, 0.1) is 0 Å². The fourth-order valence-corrected chi connectivity index (χ4v) is 1.55. The van der Waals surface area contributed by atoms with Gasteiger partial charge in [0.15, 0.2) is 0 Å². The first-order valence-electron chi connectivity index (χ1n) is 4.89. The van der Waals surface area contributed by atoms with Gasteiger partial charge in [0.25, 0.3) is 0 Å². The van der Waals surface area contributed by atoms with E-state index >= 15 is 0 Å². The lowest BCUT2D eigenvalue weighted by Gasteiger charge is -2.18. The summed E-state index contributed by atoms with van der Waals surface area (Å²) in [5, 5.41) is 0. The summed E-state index contributed by atoms with van der Waals surface area (Å²) in [6.45, 7) is 4.39. The fourth-order valence-electron chi connectivity index (χ4n) is 1.55. The molecule has 0 N–H and O–H groups in total. The van der Waals surface area contributed by atoms with Crippen molar-refractivity contribution in [2.75, 3.05) is 14.1 Å². The van der Waals surface area contributed by atoms with Crippen molar-refractivity contribution in [2.24, 2.45) is 0 Å². The molecule has 0 unspecified atom stereocenters. The molecule has 0 fully saturated rings. The van der Waals surface area contributed by atoms with E-state index in [9.17, 15) is 0 Å². The molecule has 0 saturated heterocycles. The van der Waals surface area contributed by atoms with E-state index in [1.807, 2.05) is 0 Å². The predicted molar refractivity (Wildman–Crippen MR) is 58.5 cm³/mol. The van der Waals surface area contributed by atoms with Gasteiger partial charge in [-0.1, -0.05) is 24.6 Å². The molecular formula is C12H19N. The van der Waals surface area contributed by atoms with Gasteiger partial charge in [-0.25, -0.2) is 0 Å². The maximum atomic E-state index is 2.34. The molecule has 0 bridgehead atoms. The number of nitrogens with zero attached hydrogens (tertiary/aromatic N) is 1. The Hall–Kier alpha value is -0.980. The molecule has 1 rings (SSSR count). The second-order valence-corrected chi connectivity index (χ2v) is 3.75. The Kier molecular flexibility index (Phi) is 3.35. The number of hydrogen-bond acceptors (Lipinski definition) is 1. The summed E-state index contributed by atoms with van der Waals surface area (Å²) in [7, 11) is 4.20. The summed E-state index contributed by atoms with van der Waals surface area (Å²) in [5.74, 6) is 0. The van der Waals surface area contributed by atoms with Crippen LogP contribution in [0.1, 0.15) is 26.7 Å². The molecule has 0 aromatic heterocycles. The summed E-state index contributed by atoms with van der Waals surface area (Å²) in [6, 6.07) is 0. The zero-order chi connectivity index (χ0) is 9.84. The average Bonchev–Trinajstić information content (AvgIpc) is 2.26. The van der Waals surface area contributed by atoms with Crippen LogP contribution in [0.3, 0.4) is 0 Å². The molecular weight excluding hydrogens is 158 g/mol. The van der Waals surface area contributed by atoms with Crippen LogP contribution in [0.2, 0.25) is 0 Å². The third kappa shape index (κ3) is 2.48. The van der Waals surface area contributed by atoms with Gasteiger partial charge in [-0.05, 0) is 31.4 Å². The van der Waals surface area contributed by atoms with Crippen LogP contribution in [0.15, 0.2) is 35.1 Å². The van der Waals surface area contributed by atoms with Crippen LogP contribution in [-0.4, -0.2) is 19.0 Å². The molecule has 0 amide bonds. The Morgan fingerprint density at radius 1 is 1.31 bits per heavy atom. The number of likely N-dealkylation sites (N-methyl/N-ethyl adjacent to an activating group) is 1. The second-order valence-electron chi connectivity index (χ2n) is 3.75. The standard InChI is InChI=1S/C12H19N/c1-5-11-8-6-10(2)7-9-12(11)13(3)4/h7-9H,5-6H2,1-4H3. The first-order valence-corrected chi connectivity index (χ1v) is 4.89. The van der Waals surface area contributed by atoms with Crippen molar-refractivity contribution in [3.63, 3.8) is 0 Å². The van der Waals surface area contributed by atoms with Crippen molar-refractivity contribution in [3.05, 3.63) is 35.1 Å². The summed E-state index contributed by atoms with van der Waals surface area (Å²) >= 11 is 0. The Balaban J connectivity index is 2.97. The summed E-state index contributed by atoms with van der Waals surface area (Å²) in [5.41, 5.74) is 4.24. The third-order valence-electron chi connectivity index (χ3n) is 2.39. The van der Waals surface area contributed by atoms with Crippen molar-refractivity contribution < 1.29 is 0 Å². The van der Waals surface area contributed by atoms with Crippen molar-refractivity contribution in [1.82, 2.24) is 4.90 Å². The largest absolute Gasteiger partial charge is 0.377 e. The highest BCUT2D eigenvalue weighted by Gasteiger charge is 2.06. The second kappa shape index (κ2) is 4.31. The number of hydrogen-bond donors (Lipinski definition) is 0. The fraction of sp³-hybridized carbons (Fsp3) is 0.500. The van der Waals surface area contributed by atoms with Crippen molar-refractivity contribution in [3.8, 4) is 0 Å². The van der Waals surface area contributed by atoms with Gasteiger partial charge >= 0.3 is 0 Å². The Bertz CT molecular complexity index is 267. The molecule has 0 aliphatic heterocycles. The minimum absolute atomic E-state index is 1.09. The number of allylic oxidation sites excluding steroid dienone is 5. The minimum atomic E-state index is 1.09. The quantitative estimate of drug-likeness (QED) is 0.626. The smallest absolute Gasteiger partial charge is 0.0390 e. The molecule has 72 valence electrons. The van der Waals surface area contributed by atoms with Crippen LogP contribution < -0.4 is 0 Å². The first-order chi connectivity index (χ1) is 6.15. The van der Waals surface area contributed by atoms with Crippen LogP contribution in [0.25, 0.3) is 0 Å². The van der Waals surface area contributed by atoms with Gasteiger partial charge in [0.2, 0.25) is 0 Å². The monoisotopic (exact) mass is 177 g/mol. The molecule has 1 heteroatoms. The van der Waals surface area contributed by atoms with Crippen molar-refractivity contribution in [2.45, 2.75) is 26.7 Å². The van der Waals surface area contributed by atoms with Gasteiger partial charge < -0.3 is 4.90 Å². The van der Waals surface area contributed by atoms with Gasteiger partial charge in [-0.3, -0.25) is 0 Å². The van der Waals surface area contributed by atoms with E-state index in [-0.39, 0.29) is 0 Å². The lowest BCUT2D eigenvalue weighted by molar-refractivity contribution is 0.518. The first kappa shape index (κ1) is 10.1. The molecule has 0 saturated carbocycles. The predicted octanol–water partition coefficient (Wildman–Crippen LogP) is 3.12. The molecule has 1 nitrogen and oxygen atoms in total. The molecule has 1 aliphatic carbocycles. The molecule has 0 heterocycles. The van der Waals surface area contributed by atoms with Crippen molar-refractivity contribution >= 4 is 0 Å². The van der Waals surface area contributed by atoms with E-state index in [0.29, 0.717) is 0 Å². The highest BCUT2D eigenvalue weighted by atomic mass is 15.1. The zero-order valence-corrected chi connectivity index (χ0v) is 9.09. The molecule has 0 spiro atoms. The summed E-state index contributed by atoms with van der Waals surface area (Å²) in [6.07, 6.45) is 8.99. The molecule has 0 radical (unpaired) electrons. The number of rotatable bonds is 2. The molecule has 1 aliphatic rings. The minimum Gasteiger partial charge on any atom is -0.377 e. The SMILES string of the molecule is CCC1=CCC(C)=CC=C1N(C)C. The van der Waals surface area contributed by atoms with Gasteiger partial charge in [-0.2, -0.15) is 0 Å². The Morgan fingerprint density at radius 3 is 2.54 bits per heavy atom. The maximum Gasteiger partial charge on any atom is 0.0390 e. The third-order valence-corrected chi connectivity index (χ3v) is 2.39. The van der Waals surface area contributed by atoms with Crippen LogP contribution in [-0.2, 0) is 0 Å². The van der Waals surface area contributed by atoms with E-state index in [1.165, 1.54) is 16.8 Å². The average molecular weight is 177 g/mol. The van der Waals surface area contributed by atoms with Gasteiger partial charge in [0.1, 0.15) is 0 Å². The zero-order valence-electron chi connectivity index (χ0n) is 9.09. The summed E-state index contributed by atoms with van der Waals surface area (Å²) < 4.78 is 0. The molecule has 0 aromatic carbocycles. The molecule has 13 heavy (non-hydrogen) atoms. The molecule has 0 aromatic rings. The lowest BCUT2D eigenvalue weighted by atomic mass is 10.1. The Morgan fingerprint density at radius 2 is 2.00 bits per heavy atom. The van der Waals surface area contributed by atoms with E-state index in [0.717, 1.165) is 12.8 Å². The van der Waals surface area contributed by atoms with Crippen LogP contribution >= 0.6 is 0 Å². The van der Waals surface area contributed by atoms with Crippen LogP contribution in [0.4, 0.5) is 0 Å². The maximum absolute atomic E-state index is 2.34.